The van der Waals surface area contributed by atoms with Crippen LogP contribution in [0.4, 0.5) is 0 Å². The Morgan fingerprint density at radius 2 is 1.81 bits per heavy atom. The van der Waals surface area contributed by atoms with Crippen LogP contribution in [0.3, 0.4) is 0 Å². The average Bonchev–Trinajstić information content (AvgIpc) is 2.84. The quantitative estimate of drug-likeness (QED) is 0.845. The fraction of sp³-hybridized carbons (Fsp3) is 0.176. The van der Waals surface area contributed by atoms with Crippen molar-refractivity contribution in [2.45, 2.75) is 12.8 Å². The first-order valence-corrected chi connectivity index (χ1v) is 6.93. The highest BCUT2D eigenvalue weighted by Crippen LogP contribution is 2.39. The lowest BCUT2D eigenvalue weighted by atomic mass is 9.73. The molecule has 1 aliphatic rings. The highest BCUT2D eigenvalue weighted by Gasteiger charge is 2.27. The number of hydrogen-bond acceptors (Lipinski definition) is 3. The fourth-order valence-electron chi connectivity index (χ4n) is 3.00. The molecule has 2 aromatic carbocycles. The van der Waals surface area contributed by atoms with Crippen LogP contribution in [0.25, 0.3) is 5.57 Å². The Hall–Kier alpha value is -2.04. The molecule has 4 heteroatoms. The van der Waals surface area contributed by atoms with Crippen molar-refractivity contribution in [3.8, 4) is 5.75 Å². The Kier molecular flexibility index (Phi) is 3.58. The van der Waals surface area contributed by atoms with Gasteiger partial charge in [-0.3, -0.25) is 0 Å². The summed E-state index contributed by atoms with van der Waals surface area (Å²) in [4.78, 5) is 0. The maximum atomic E-state index is 9.64. The lowest BCUT2D eigenvalue weighted by Gasteiger charge is -2.17. The van der Waals surface area contributed by atoms with Gasteiger partial charge in [0.05, 0.1) is 7.11 Å². The molecule has 2 aromatic rings. The summed E-state index contributed by atoms with van der Waals surface area (Å²) in [6.07, 6.45) is 2.16. The largest absolute Gasteiger partial charge is 0.497 e. The van der Waals surface area contributed by atoms with Crippen LogP contribution >= 0.6 is 0 Å². The van der Waals surface area contributed by atoms with E-state index in [1.54, 1.807) is 19.2 Å². The van der Waals surface area contributed by atoms with Gasteiger partial charge in [-0.25, -0.2) is 0 Å². The lowest BCUT2D eigenvalue weighted by molar-refractivity contribution is 0.413. The molecule has 3 nitrogen and oxygen atoms in total. The van der Waals surface area contributed by atoms with E-state index in [1.807, 2.05) is 18.2 Å². The molecule has 1 aliphatic carbocycles. The Balaban J connectivity index is 2.17. The molecular formula is C17H17BO3. The zero-order valence-corrected chi connectivity index (χ0v) is 12.1. The Bertz CT molecular complexity index is 707. The van der Waals surface area contributed by atoms with Crippen LogP contribution in [-0.2, 0) is 0 Å². The highest BCUT2D eigenvalue weighted by atomic mass is 16.5. The van der Waals surface area contributed by atoms with E-state index < -0.39 is 7.12 Å². The summed E-state index contributed by atoms with van der Waals surface area (Å²) in [7, 11) is 0.116. The van der Waals surface area contributed by atoms with Gasteiger partial charge in [0, 0.05) is 5.92 Å². The average molecular weight is 280 g/mol. The van der Waals surface area contributed by atoms with Crippen LogP contribution in [0, 0.1) is 0 Å². The summed E-state index contributed by atoms with van der Waals surface area (Å²) in [6, 6.07) is 13.5. The minimum Gasteiger partial charge on any atom is -0.497 e. The van der Waals surface area contributed by atoms with Gasteiger partial charge in [0.15, 0.2) is 0 Å². The zero-order chi connectivity index (χ0) is 15.0. The van der Waals surface area contributed by atoms with Crippen molar-refractivity contribution in [3.05, 3.63) is 65.2 Å². The van der Waals surface area contributed by atoms with Crippen molar-refractivity contribution >= 4 is 18.2 Å². The van der Waals surface area contributed by atoms with Gasteiger partial charge in [-0.05, 0) is 46.8 Å². The molecule has 0 radical (unpaired) electrons. The van der Waals surface area contributed by atoms with Crippen LogP contribution in [0.5, 0.6) is 5.75 Å². The summed E-state index contributed by atoms with van der Waals surface area (Å²) in [5, 5.41) is 19.3. The molecule has 0 heterocycles. The molecule has 0 spiro atoms. The van der Waals surface area contributed by atoms with E-state index in [2.05, 4.69) is 25.1 Å². The molecule has 0 saturated heterocycles. The predicted molar refractivity (Wildman–Crippen MR) is 84.8 cm³/mol. The van der Waals surface area contributed by atoms with Gasteiger partial charge in [-0.2, -0.15) is 0 Å². The van der Waals surface area contributed by atoms with Crippen LogP contribution in [0.1, 0.15) is 29.5 Å². The SMILES string of the molecule is COc1ccc(B(O)O)c(C2C=C(C)c3ccccc32)c1. The van der Waals surface area contributed by atoms with Gasteiger partial charge in [0.25, 0.3) is 0 Å². The van der Waals surface area contributed by atoms with E-state index in [4.69, 9.17) is 4.74 Å². The first kappa shape index (κ1) is 13.9. The minimum atomic E-state index is -1.49. The Labute approximate surface area is 124 Å². The number of allylic oxidation sites excluding steroid dienone is 2. The van der Waals surface area contributed by atoms with Gasteiger partial charge in [-0.1, -0.05) is 36.4 Å². The van der Waals surface area contributed by atoms with Gasteiger partial charge in [0.1, 0.15) is 5.75 Å². The molecule has 0 bridgehead atoms. The smallest absolute Gasteiger partial charge is 0.488 e. The topological polar surface area (TPSA) is 49.7 Å². The predicted octanol–water partition coefficient (Wildman–Crippen LogP) is 1.92. The van der Waals surface area contributed by atoms with Gasteiger partial charge in [-0.15, -0.1) is 0 Å². The number of hydrogen-bond donors (Lipinski definition) is 2. The normalized spacial score (nSPS) is 16.4. The summed E-state index contributed by atoms with van der Waals surface area (Å²) in [5.41, 5.74) is 4.99. The number of benzene rings is 2. The molecule has 0 amide bonds. The first-order chi connectivity index (χ1) is 10.1. The molecule has 21 heavy (non-hydrogen) atoms. The summed E-state index contributed by atoms with van der Waals surface area (Å²) in [6.45, 7) is 2.08. The number of ether oxygens (including phenoxy) is 1. The third-order valence-electron chi connectivity index (χ3n) is 4.04. The third-order valence-corrected chi connectivity index (χ3v) is 4.04. The van der Waals surface area contributed by atoms with Gasteiger partial charge in [0.2, 0.25) is 0 Å². The van der Waals surface area contributed by atoms with Crippen molar-refractivity contribution in [2.75, 3.05) is 7.11 Å². The van der Waals surface area contributed by atoms with Crippen LogP contribution < -0.4 is 10.2 Å². The summed E-state index contributed by atoms with van der Waals surface area (Å²) < 4.78 is 5.28. The maximum Gasteiger partial charge on any atom is 0.488 e. The maximum absolute atomic E-state index is 9.64. The Morgan fingerprint density at radius 3 is 2.52 bits per heavy atom. The van der Waals surface area contributed by atoms with Crippen molar-refractivity contribution < 1.29 is 14.8 Å². The molecular weight excluding hydrogens is 263 g/mol. The monoisotopic (exact) mass is 280 g/mol. The third kappa shape index (κ3) is 2.37. The molecule has 3 rings (SSSR count). The standard InChI is InChI=1S/C17H17BO3/c1-11-9-15(14-6-4-3-5-13(11)14)16-10-12(21-2)7-8-17(16)18(19)20/h3-10,15,19-20H,1-2H3. The van der Waals surface area contributed by atoms with Crippen molar-refractivity contribution in [1.82, 2.24) is 0 Å². The van der Waals surface area contributed by atoms with Crippen LogP contribution in [0.15, 0.2) is 48.5 Å². The minimum absolute atomic E-state index is 0.0214. The molecule has 2 N–H and O–H groups in total. The molecule has 1 unspecified atom stereocenters. The van der Waals surface area contributed by atoms with E-state index in [0.717, 1.165) is 5.56 Å². The second kappa shape index (κ2) is 5.39. The van der Waals surface area contributed by atoms with Crippen molar-refractivity contribution in [2.24, 2.45) is 0 Å². The molecule has 0 aliphatic heterocycles. The van der Waals surface area contributed by atoms with E-state index >= 15 is 0 Å². The fourth-order valence-corrected chi connectivity index (χ4v) is 3.00. The van der Waals surface area contributed by atoms with Crippen molar-refractivity contribution in [3.63, 3.8) is 0 Å². The zero-order valence-electron chi connectivity index (χ0n) is 12.1. The summed E-state index contributed by atoms with van der Waals surface area (Å²) >= 11 is 0. The molecule has 0 fully saturated rings. The molecule has 1 atom stereocenters. The Morgan fingerprint density at radius 1 is 1.05 bits per heavy atom. The molecule has 0 saturated carbocycles. The summed E-state index contributed by atoms with van der Waals surface area (Å²) in [5.74, 6) is 0.734. The van der Waals surface area contributed by atoms with E-state index in [0.29, 0.717) is 11.2 Å². The number of fused-ring (bicyclic) bond motifs is 1. The second-order valence-corrected chi connectivity index (χ2v) is 5.28. The van der Waals surface area contributed by atoms with E-state index in [1.165, 1.54) is 16.7 Å². The van der Waals surface area contributed by atoms with Crippen LogP contribution in [0.2, 0.25) is 0 Å². The van der Waals surface area contributed by atoms with E-state index in [9.17, 15) is 10.0 Å². The van der Waals surface area contributed by atoms with Gasteiger partial charge < -0.3 is 14.8 Å². The van der Waals surface area contributed by atoms with E-state index in [-0.39, 0.29) is 5.92 Å². The first-order valence-electron chi connectivity index (χ1n) is 6.93. The highest BCUT2D eigenvalue weighted by molar-refractivity contribution is 6.59. The lowest BCUT2D eigenvalue weighted by Crippen LogP contribution is -2.33. The molecule has 0 aromatic heterocycles. The molecule has 106 valence electrons. The van der Waals surface area contributed by atoms with Gasteiger partial charge >= 0.3 is 7.12 Å². The van der Waals surface area contributed by atoms with Crippen molar-refractivity contribution in [1.29, 1.82) is 0 Å². The van der Waals surface area contributed by atoms with Crippen LogP contribution in [-0.4, -0.2) is 24.3 Å². The second-order valence-electron chi connectivity index (χ2n) is 5.28. The number of rotatable bonds is 3. The number of methoxy groups -OCH3 is 1.